The Hall–Kier alpha value is 0.110. The topological polar surface area (TPSA) is 26.0 Å². The summed E-state index contributed by atoms with van der Waals surface area (Å²) in [4.78, 5) is 0. The Labute approximate surface area is 66.4 Å². The molecule has 1 unspecified atom stereocenters. The SMILES string of the molecule is CCC(C)[C@H](N)C(F)F.Cl. The number of hydrogen-bond acceptors (Lipinski definition) is 1. The third kappa shape index (κ3) is 4.01. The van der Waals surface area contributed by atoms with Gasteiger partial charge in [-0.3, -0.25) is 0 Å². The van der Waals surface area contributed by atoms with Crippen LogP contribution in [-0.2, 0) is 0 Å². The number of alkyl halides is 2. The van der Waals surface area contributed by atoms with Crippen molar-refractivity contribution in [1.82, 2.24) is 0 Å². The predicted molar refractivity (Wildman–Crippen MR) is 40.7 cm³/mol. The van der Waals surface area contributed by atoms with E-state index in [-0.39, 0.29) is 18.3 Å². The Kier molecular flexibility index (Phi) is 7.48. The molecule has 0 radical (unpaired) electrons. The smallest absolute Gasteiger partial charge is 0.253 e. The first kappa shape index (κ1) is 12.8. The molecule has 0 saturated carbocycles. The first-order valence-electron chi connectivity index (χ1n) is 3.13. The van der Waals surface area contributed by atoms with Gasteiger partial charge in [-0.2, -0.15) is 0 Å². The summed E-state index contributed by atoms with van der Waals surface area (Å²) in [6.07, 6.45) is -1.66. The maximum Gasteiger partial charge on any atom is 0.253 e. The van der Waals surface area contributed by atoms with E-state index in [9.17, 15) is 8.78 Å². The third-order valence-corrected chi connectivity index (χ3v) is 1.59. The fraction of sp³-hybridized carbons (Fsp3) is 1.00. The van der Waals surface area contributed by atoms with Gasteiger partial charge in [-0.15, -0.1) is 12.4 Å². The Morgan fingerprint density at radius 2 is 1.80 bits per heavy atom. The molecule has 0 aromatic rings. The fourth-order valence-electron chi connectivity index (χ4n) is 0.521. The van der Waals surface area contributed by atoms with Crippen LogP contribution in [0.25, 0.3) is 0 Å². The van der Waals surface area contributed by atoms with E-state index in [1.165, 1.54) is 0 Å². The third-order valence-electron chi connectivity index (χ3n) is 1.59. The van der Waals surface area contributed by atoms with E-state index in [0.717, 1.165) is 0 Å². The van der Waals surface area contributed by atoms with Crippen LogP contribution in [0.3, 0.4) is 0 Å². The Morgan fingerprint density at radius 3 is 1.90 bits per heavy atom. The highest BCUT2D eigenvalue weighted by molar-refractivity contribution is 5.85. The quantitative estimate of drug-likeness (QED) is 0.695. The second-order valence-corrected chi connectivity index (χ2v) is 2.30. The van der Waals surface area contributed by atoms with Crippen molar-refractivity contribution >= 4 is 12.4 Å². The summed E-state index contributed by atoms with van der Waals surface area (Å²) in [5.41, 5.74) is 5.12. The average Bonchev–Trinajstić information content (AvgIpc) is 1.84. The molecular formula is C6H14ClF2N. The van der Waals surface area contributed by atoms with E-state index in [1.54, 1.807) is 6.92 Å². The maximum atomic E-state index is 11.7. The molecule has 0 aliphatic heterocycles. The van der Waals surface area contributed by atoms with Crippen LogP contribution in [0.15, 0.2) is 0 Å². The van der Waals surface area contributed by atoms with E-state index in [1.807, 2.05) is 6.92 Å². The molecule has 0 aromatic carbocycles. The van der Waals surface area contributed by atoms with Gasteiger partial charge in [0.05, 0.1) is 6.04 Å². The number of halogens is 3. The van der Waals surface area contributed by atoms with Crippen LogP contribution in [0.2, 0.25) is 0 Å². The van der Waals surface area contributed by atoms with Crippen LogP contribution >= 0.6 is 12.4 Å². The molecule has 10 heavy (non-hydrogen) atoms. The van der Waals surface area contributed by atoms with Gasteiger partial charge in [-0.1, -0.05) is 20.3 Å². The molecule has 0 saturated heterocycles. The van der Waals surface area contributed by atoms with Gasteiger partial charge in [-0.05, 0) is 5.92 Å². The number of hydrogen-bond donors (Lipinski definition) is 1. The molecule has 0 rings (SSSR count). The second-order valence-electron chi connectivity index (χ2n) is 2.30. The van der Waals surface area contributed by atoms with Crippen LogP contribution in [0.5, 0.6) is 0 Å². The number of nitrogens with two attached hydrogens (primary N) is 1. The summed E-state index contributed by atoms with van der Waals surface area (Å²) in [6, 6.07) is -0.949. The van der Waals surface area contributed by atoms with Gasteiger partial charge in [-0.25, -0.2) is 8.78 Å². The Bertz CT molecular complexity index is 80.1. The highest BCUT2D eigenvalue weighted by Gasteiger charge is 2.20. The van der Waals surface area contributed by atoms with Crippen molar-refractivity contribution in [2.24, 2.45) is 11.7 Å². The van der Waals surface area contributed by atoms with Gasteiger partial charge >= 0.3 is 0 Å². The lowest BCUT2D eigenvalue weighted by Gasteiger charge is -2.16. The van der Waals surface area contributed by atoms with Gasteiger partial charge in [0.15, 0.2) is 0 Å². The van der Waals surface area contributed by atoms with Crippen molar-refractivity contribution in [2.75, 3.05) is 0 Å². The molecule has 4 heteroatoms. The van der Waals surface area contributed by atoms with E-state index in [2.05, 4.69) is 0 Å². The van der Waals surface area contributed by atoms with Crippen molar-refractivity contribution in [3.05, 3.63) is 0 Å². The summed E-state index contributed by atoms with van der Waals surface area (Å²) in [5, 5.41) is 0. The maximum absolute atomic E-state index is 11.7. The molecule has 1 nitrogen and oxygen atoms in total. The molecule has 0 fully saturated rings. The lowest BCUT2D eigenvalue weighted by molar-refractivity contribution is 0.0914. The minimum Gasteiger partial charge on any atom is -0.323 e. The second kappa shape index (κ2) is 5.86. The molecular weight excluding hydrogens is 160 g/mol. The van der Waals surface area contributed by atoms with E-state index < -0.39 is 12.5 Å². The highest BCUT2D eigenvalue weighted by Crippen LogP contribution is 2.11. The molecule has 0 bridgehead atoms. The molecule has 0 aliphatic carbocycles. The van der Waals surface area contributed by atoms with Crippen LogP contribution in [-0.4, -0.2) is 12.5 Å². The zero-order chi connectivity index (χ0) is 7.44. The summed E-state index contributed by atoms with van der Waals surface area (Å²) >= 11 is 0. The number of rotatable bonds is 3. The fourth-order valence-corrected chi connectivity index (χ4v) is 0.521. The van der Waals surface area contributed by atoms with E-state index in [4.69, 9.17) is 5.73 Å². The highest BCUT2D eigenvalue weighted by atomic mass is 35.5. The van der Waals surface area contributed by atoms with Gasteiger partial charge < -0.3 is 5.73 Å². The summed E-state index contributed by atoms with van der Waals surface area (Å²) in [7, 11) is 0. The van der Waals surface area contributed by atoms with Crippen molar-refractivity contribution in [1.29, 1.82) is 0 Å². The minimum absolute atomic E-state index is 0. The van der Waals surface area contributed by atoms with Crippen molar-refractivity contribution < 1.29 is 8.78 Å². The van der Waals surface area contributed by atoms with Crippen LogP contribution < -0.4 is 5.73 Å². The van der Waals surface area contributed by atoms with Crippen molar-refractivity contribution in [2.45, 2.75) is 32.7 Å². The van der Waals surface area contributed by atoms with E-state index >= 15 is 0 Å². The monoisotopic (exact) mass is 173 g/mol. The summed E-state index contributed by atoms with van der Waals surface area (Å²) in [6.45, 7) is 3.59. The van der Waals surface area contributed by atoms with Gasteiger partial charge in [0.1, 0.15) is 0 Å². The molecule has 0 spiro atoms. The van der Waals surface area contributed by atoms with Gasteiger partial charge in [0, 0.05) is 0 Å². The van der Waals surface area contributed by atoms with Crippen molar-refractivity contribution in [3.63, 3.8) is 0 Å². The summed E-state index contributed by atoms with van der Waals surface area (Å²) in [5.74, 6) is -0.0787. The van der Waals surface area contributed by atoms with E-state index in [0.29, 0.717) is 6.42 Å². The molecule has 64 valence electrons. The summed E-state index contributed by atoms with van der Waals surface area (Å²) < 4.78 is 23.5. The molecule has 0 aromatic heterocycles. The molecule has 2 N–H and O–H groups in total. The largest absolute Gasteiger partial charge is 0.323 e. The van der Waals surface area contributed by atoms with Gasteiger partial charge in [0.2, 0.25) is 0 Å². The zero-order valence-corrected chi connectivity index (χ0v) is 7.00. The first-order chi connectivity index (χ1) is 4.09. The van der Waals surface area contributed by atoms with Crippen LogP contribution in [0, 0.1) is 5.92 Å². The molecule has 2 atom stereocenters. The average molecular weight is 174 g/mol. The lowest BCUT2D eigenvalue weighted by Crippen LogP contribution is -2.35. The lowest BCUT2D eigenvalue weighted by atomic mass is 10.0. The standard InChI is InChI=1S/C6H13F2N.ClH/c1-3-4(2)5(9)6(7)8;/h4-6H,3,9H2,1-2H3;1H/t4?,5-;/m0./s1. The Morgan fingerprint density at radius 1 is 1.40 bits per heavy atom. The zero-order valence-electron chi connectivity index (χ0n) is 6.18. The Balaban J connectivity index is 0. The van der Waals surface area contributed by atoms with Gasteiger partial charge in [0.25, 0.3) is 6.43 Å². The van der Waals surface area contributed by atoms with Crippen LogP contribution in [0.4, 0.5) is 8.78 Å². The predicted octanol–water partition coefficient (Wildman–Crippen LogP) is 2.05. The molecule has 0 amide bonds. The molecule has 0 aliphatic rings. The first-order valence-corrected chi connectivity index (χ1v) is 3.13. The minimum atomic E-state index is -2.38. The van der Waals surface area contributed by atoms with Crippen LogP contribution in [0.1, 0.15) is 20.3 Å². The normalized spacial score (nSPS) is 16.2. The van der Waals surface area contributed by atoms with Crippen molar-refractivity contribution in [3.8, 4) is 0 Å². The molecule has 0 heterocycles.